The summed E-state index contributed by atoms with van der Waals surface area (Å²) >= 11 is 0. The zero-order chi connectivity index (χ0) is 12.8. The Hall–Kier alpha value is -1.13. The van der Waals surface area contributed by atoms with Crippen LogP contribution < -0.4 is 10.1 Å². The summed E-state index contributed by atoms with van der Waals surface area (Å²) in [7, 11) is 3.83. The number of hydrogen-bond acceptors (Lipinski definition) is 4. The first kappa shape index (κ1) is 13.3. The van der Waals surface area contributed by atoms with E-state index in [1.807, 2.05) is 6.07 Å². The van der Waals surface area contributed by atoms with Gasteiger partial charge in [-0.15, -0.1) is 0 Å². The third-order valence-electron chi connectivity index (χ3n) is 3.43. The maximum Gasteiger partial charge on any atom is 0.217 e. The van der Waals surface area contributed by atoms with E-state index in [1.54, 1.807) is 13.3 Å². The Labute approximate surface area is 109 Å². The average Bonchev–Trinajstić information content (AvgIpc) is 2.40. The van der Waals surface area contributed by atoms with Crippen molar-refractivity contribution in [1.29, 1.82) is 0 Å². The topological polar surface area (TPSA) is 37.4 Å². The minimum atomic E-state index is 0.631. The molecule has 0 aliphatic carbocycles. The average molecular weight is 249 g/mol. The predicted octanol–water partition coefficient (Wildman–Crippen LogP) is 1.66. The van der Waals surface area contributed by atoms with E-state index in [4.69, 9.17) is 4.74 Å². The molecule has 4 heteroatoms. The Morgan fingerprint density at radius 1 is 1.50 bits per heavy atom. The van der Waals surface area contributed by atoms with E-state index in [9.17, 15) is 0 Å². The van der Waals surface area contributed by atoms with Gasteiger partial charge in [-0.1, -0.05) is 12.5 Å². The number of pyridine rings is 1. The summed E-state index contributed by atoms with van der Waals surface area (Å²) in [6.45, 7) is 3.13. The van der Waals surface area contributed by atoms with E-state index in [1.165, 1.54) is 19.3 Å². The number of aromatic nitrogens is 1. The first-order chi connectivity index (χ1) is 8.79. The van der Waals surface area contributed by atoms with Crippen LogP contribution in [0.5, 0.6) is 5.88 Å². The van der Waals surface area contributed by atoms with Crippen LogP contribution in [0, 0.1) is 0 Å². The Balaban J connectivity index is 1.87. The summed E-state index contributed by atoms with van der Waals surface area (Å²) in [6, 6.07) is 4.67. The Bertz CT molecular complexity index is 364. The van der Waals surface area contributed by atoms with Gasteiger partial charge in [-0.3, -0.25) is 0 Å². The van der Waals surface area contributed by atoms with E-state index >= 15 is 0 Å². The Morgan fingerprint density at radius 2 is 2.39 bits per heavy atom. The van der Waals surface area contributed by atoms with E-state index in [0.717, 1.165) is 31.1 Å². The lowest BCUT2D eigenvalue weighted by molar-refractivity contribution is 0.252. The van der Waals surface area contributed by atoms with Crippen molar-refractivity contribution in [3.05, 3.63) is 23.9 Å². The number of methoxy groups -OCH3 is 1. The molecule has 2 heterocycles. The highest BCUT2D eigenvalue weighted by Crippen LogP contribution is 2.16. The lowest BCUT2D eigenvalue weighted by atomic mass is 10.0. The highest BCUT2D eigenvalue weighted by atomic mass is 16.5. The number of rotatable bonds is 5. The normalized spacial score (nSPS) is 20.1. The molecule has 1 aliphatic heterocycles. The van der Waals surface area contributed by atoms with Crippen LogP contribution in [0.25, 0.3) is 0 Å². The third-order valence-corrected chi connectivity index (χ3v) is 3.43. The first-order valence-electron chi connectivity index (χ1n) is 6.69. The Morgan fingerprint density at radius 3 is 3.11 bits per heavy atom. The fourth-order valence-corrected chi connectivity index (χ4v) is 2.54. The molecular formula is C14H23N3O. The molecule has 0 aromatic carbocycles. The lowest BCUT2D eigenvalue weighted by Crippen LogP contribution is -2.42. The summed E-state index contributed by atoms with van der Waals surface area (Å²) in [5.41, 5.74) is 1.15. The van der Waals surface area contributed by atoms with E-state index in [-0.39, 0.29) is 0 Å². The van der Waals surface area contributed by atoms with Crippen molar-refractivity contribution in [3.63, 3.8) is 0 Å². The van der Waals surface area contributed by atoms with Gasteiger partial charge in [-0.2, -0.15) is 0 Å². The monoisotopic (exact) mass is 249 g/mol. The molecule has 1 atom stereocenters. The predicted molar refractivity (Wildman–Crippen MR) is 72.8 cm³/mol. The Kier molecular flexibility index (Phi) is 4.96. The molecule has 1 unspecified atom stereocenters. The molecule has 1 N–H and O–H groups in total. The third kappa shape index (κ3) is 3.68. The van der Waals surface area contributed by atoms with E-state index < -0.39 is 0 Å². The number of piperidine rings is 1. The summed E-state index contributed by atoms with van der Waals surface area (Å²) in [5.74, 6) is 0.737. The molecule has 4 nitrogen and oxygen atoms in total. The van der Waals surface area contributed by atoms with Crippen molar-refractivity contribution >= 4 is 0 Å². The van der Waals surface area contributed by atoms with Gasteiger partial charge in [0, 0.05) is 30.9 Å². The molecule has 0 saturated carbocycles. The van der Waals surface area contributed by atoms with Crippen LogP contribution in [-0.2, 0) is 6.54 Å². The SMILES string of the molecule is COc1ncccc1CN(C)CC1CCCCN1. The summed E-state index contributed by atoms with van der Waals surface area (Å²) in [6.07, 6.45) is 5.72. The molecule has 0 spiro atoms. The van der Waals surface area contributed by atoms with Crippen LogP contribution >= 0.6 is 0 Å². The number of hydrogen-bond donors (Lipinski definition) is 1. The minimum Gasteiger partial charge on any atom is -0.481 e. The quantitative estimate of drug-likeness (QED) is 0.861. The number of ether oxygens (including phenoxy) is 1. The van der Waals surface area contributed by atoms with Crippen LogP contribution in [0.4, 0.5) is 0 Å². The molecule has 1 aromatic rings. The van der Waals surface area contributed by atoms with Gasteiger partial charge in [0.25, 0.3) is 0 Å². The standard InChI is InChI=1S/C14H23N3O/c1-17(11-13-7-3-4-8-15-13)10-12-6-5-9-16-14(12)18-2/h5-6,9,13,15H,3-4,7-8,10-11H2,1-2H3. The van der Waals surface area contributed by atoms with Crippen molar-refractivity contribution in [3.8, 4) is 5.88 Å². The summed E-state index contributed by atoms with van der Waals surface area (Å²) in [5, 5.41) is 3.58. The smallest absolute Gasteiger partial charge is 0.217 e. The van der Waals surface area contributed by atoms with Gasteiger partial charge in [0.1, 0.15) is 0 Å². The molecule has 1 fully saturated rings. The van der Waals surface area contributed by atoms with E-state index in [2.05, 4.69) is 28.3 Å². The highest BCUT2D eigenvalue weighted by Gasteiger charge is 2.15. The van der Waals surface area contributed by atoms with Gasteiger partial charge in [0.2, 0.25) is 5.88 Å². The minimum absolute atomic E-state index is 0.631. The summed E-state index contributed by atoms with van der Waals surface area (Å²) in [4.78, 5) is 6.57. The lowest BCUT2D eigenvalue weighted by Gasteiger charge is -2.28. The second-order valence-electron chi connectivity index (χ2n) is 5.02. The van der Waals surface area contributed by atoms with Crippen molar-refractivity contribution in [2.24, 2.45) is 0 Å². The molecule has 1 saturated heterocycles. The van der Waals surface area contributed by atoms with Crippen molar-refractivity contribution < 1.29 is 4.74 Å². The molecule has 0 radical (unpaired) electrons. The molecule has 1 aliphatic rings. The molecule has 1 aromatic heterocycles. The van der Waals surface area contributed by atoms with Crippen LogP contribution in [0.1, 0.15) is 24.8 Å². The van der Waals surface area contributed by atoms with E-state index in [0.29, 0.717) is 6.04 Å². The number of likely N-dealkylation sites (N-methyl/N-ethyl adjacent to an activating group) is 1. The number of nitrogens with zero attached hydrogens (tertiary/aromatic N) is 2. The second kappa shape index (κ2) is 6.71. The van der Waals surface area contributed by atoms with Gasteiger partial charge in [-0.25, -0.2) is 4.98 Å². The number of nitrogens with one attached hydrogen (secondary N) is 1. The zero-order valence-corrected chi connectivity index (χ0v) is 11.4. The molecule has 18 heavy (non-hydrogen) atoms. The maximum absolute atomic E-state index is 5.28. The fraction of sp³-hybridized carbons (Fsp3) is 0.643. The second-order valence-corrected chi connectivity index (χ2v) is 5.02. The summed E-state index contributed by atoms with van der Waals surface area (Å²) < 4.78 is 5.28. The van der Waals surface area contributed by atoms with Gasteiger partial charge >= 0.3 is 0 Å². The van der Waals surface area contributed by atoms with Gasteiger partial charge in [-0.05, 0) is 32.5 Å². The molecule has 100 valence electrons. The molecule has 0 bridgehead atoms. The molecule has 0 amide bonds. The van der Waals surface area contributed by atoms with Crippen LogP contribution in [0.3, 0.4) is 0 Å². The maximum atomic E-state index is 5.28. The molecule has 2 rings (SSSR count). The van der Waals surface area contributed by atoms with Crippen LogP contribution in [0.15, 0.2) is 18.3 Å². The largest absolute Gasteiger partial charge is 0.481 e. The van der Waals surface area contributed by atoms with Crippen molar-refractivity contribution in [1.82, 2.24) is 15.2 Å². The first-order valence-corrected chi connectivity index (χ1v) is 6.69. The van der Waals surface area contributed by atoms with Crippen LogP contribution in [-0.4, -0.2) is 43.2 Å². The van der Waals surface area contributed by atoms with Gasteiger partial charge in [0.15, 0.2) is 0 Å². The highest BCUT2D eigenvalue weighted by molar-refractivity contribution is 5.25. The van der Waals surface area contributed by atoms with Gasteiger partial charge in [0.05, 0.1) is 7.11 Å². The van der Waals surface area contributed by atoms with Crippen molar-refractivity contribution in [2.45, 2.75) is 31.8 Å². The van der Waals surface area contributed by atoms with Gasteiger partial charge < -0.3 is 15.0 Å². The zero-order valence-electron chi connectivity index (χ0n) is 11.4. The van der Waals surface area contributed by atoms with Crippen molar-refractivity contribution in [2.75, 3.05) is 27.2 Å². The molecular weight excluding hydrogens is 226 g/mol. The fourth-order valence-electron chi connectivity index (χ4n) is 2.54. The van der Waals surface area contributed by atoms with Crippen LogP contribution in [0.2, 0.25) is 0 Å².